The third-order valence-electron chi connectivity index (χ3n) is 0.987. The minimum atomic E-state index is -0.106. The molecule has 0 bridgehead atoms. The van der Waals surface area contributed by atoms with E-state index in [4.69, 9.17) is 30.7 Å². The van der Waals surface area contributed by atoms with Gasteiger partial charge in [-0.3, -0.25) is 4.98 Å². The van der Waals surface area contributed by atoms with E-state index in [1.165, 1.54) is 0 Å². The third-order valence-corrected chi connectivity index (χ3v) is 1.21. The molecule has 0 saturated carbocycles. The van der Waals surface area contributed by atoms with Crippen LogP contribution in [0.1, 0.15) is 0 Å². The molecule has 0 radical (unpaired) electrons. The number of aromatic amines is 1. The molecular formula is C8H7Cl3N3Pd-. The molecule has 0 unspecified atom stereocenters. The van der Waals surface area contributed by atoms with E-state index in [-0.39, 0.29) is 15.9 Å². The molecule has 2 heterocycles. The second-order valence-electron chi connectivity index (χ2n) is 1.92. The normalized spacial score (nSPS) is 8.20. The summed E-state index contributed by atoms with van der Waals surface area (Å²) in [6, 6.07) is 3.58. The second-order valence-corrected chi connectivity index (χ2v) is 4.71. The van der Waals surface area contributed by atoms with Crippen LogP contribution in [0.3, 0.4) is 0 Å². The Labute approximate surface area is 109 Å². The zero-order chi connectivity index (χ0) is 11.4. The molecule has 86 valence electrons. The summed E-state index contributed by atoms with van der Waals surface area (Å²) in [5.41, 5.74) is 0. The summed E-state index contributed by atoms with van der Waals surface area (Å²) >= 11 is 5.37. The van der Waals surface area contributed by atoms with Crippen molar-refractivity contribution in [3.63, 3.8) is 0 Å². The molecule has 1 N–H and O–H groups in total. The summed E-state index contributed by atoms with van der Waals surface area (Å²) in [6.07, 6.45) is 9.12. The predicted molar refractivity (Wildman–Crippen MR) is 58.4 cm³/mol. The summed E-state index contributed by atoms with van der Waals surface area (Å²) in [7, 11) is 9.63. The molecule has 0 spiro atoms. The Morgan fingerprint density at radius 3 is 2.27 bits per heavy atom. The molecule has 2 aromatic rings. The van der Waals surface area contributed by atoms with Gasteiger partial charge in [0.1, 0.15) is 0 Å². The number of halogens is 3. The first kappa shape index (κ1) is 14.9. The smallest absolute Gasteiger partial charge is 0.00235 e. The van der Waals surface area contributed by atoms with Crippen molar-refractivity contribution in [2.45, 2.75) is 0 Å². The Bertz CT molecular complexity index is 287. The van der Waals surface area contributed by atoms with Crippen LogP contribution in [0.4, 0.5) is 0 Å². The van der Waals surface area contributed by atoms with Crippen molar-refractivity contribution in [3.05, 3.63) is 48.3 Å². The van der Waals surface area contributed by atoms with Gasteiger partial charge in [0, 0.05) is 12.4 Å². The van der Waals surface area contributed by atoms with Gasteiger partial charge in [-0.1, -0.05) is 11.6 Å². The van der Waals surface area contributed by atoms with Gasteiger partial charge < -0.3 is 9.97 Å². The number of rotatable bonds is 0. The molecule has 7 heteroatoms. The monoisotopic (exact) mass is 356 g/mol. The average Bonchev–Trinajstić information content (AvgIpc) is 2.78. The fourth-order valence-electron chi connectivity index (χ4n) is 0.528. The average molecular weight is 358 g/mol. The summed E-state index contributed by atoms with van der Waals surface area (Å²) < 4.78 is 0. The fourth-order valence-corrected chi connectivity index (χ4v) is 0.657. The number of nitrogens with one attached hydrogen (secondary N) is 1. The Kier molecular flexibility index (Phi) is 11.9. The van der Waals surface area contributed by atoms with Crippen LogP contribution in [0.2, 0.25) is 5.02 Å². The van der Waals surface area contributed by atoms with Crippen molar-refractivity contribution in [3.8, 4) is 0 Å². The van der Waals surface area contributed by atoms with Crippen molar-refractivity contribution in [2.24, 2.45) is 0 Å². The van der Waals surface area contributed by atoms with Gasteiger partial charge in [0.15, 0.2) is 0 Å². The maximum Gasteiger partial charge on any atom is -0.00235 e. The molecule has 0 aliphatic rings. The van der Waals surface area contributed by atoms with Crippen molar-refractivity contribution < 1.29 is 15.9 Å². The van der Waals surface area contributed by atoms with E-state index in [2.05, 4.69) is 21.3 Å². The molecule has 2 rings (SSSR count). The molecule has 15 heavy (non-hydrogen) atoms. The number of aromatic nitrogens is 3. The van der Waals surface area contributed by atoms with Crippen LogP contribution in [0.25, 0.3) is 0 Å². The molecule has 0 aliphatic carbocycles. The first-order valence-electron chi connectivity index (χ1n) is 3.54. The van der Waals surface area contributed by atoms with Crippen LogP contribution in [0, 0.1) is 6.33 Å². The Morgan fingerprint density at radius 1 is 1.33 bits per heavy atom. The number of pyridine rings is 1. The van der Waals surface area contributed by atoms with E-state index < -0.39 is 0 Å². The summed E-state index contributed by atoms with van der Waals surface area (Å²) in [4.78, 5) is 9.92. The molecule has 3 nitrogen and oxygen atoms in total. The molecule has 0 aliphatic heterocycles. The number of nitrogens with zero attached hydrogens (tertiary/aromatic N) is 2. The van der Waals surface area contributed by atoms with Gasteiger partial charge in [0.25, 0.3) is 0 Å². The molecule has 0 atom stereocenters. The van der Waals surface area contributed by atoms with Crippen molar-refractivity contribution in [2.75, 3.05) is 0 Å². The van der Waals surface area contributed by atoms with E-state index in [9.17, 15) is 0 Å². The molecule has 0 saturated heterocycles. The summed E-state index contributed by atoms with van der Waals surface area (Å²) in [5.74, 6) is 0. The number of H-pyrrole nitrogens is 1. The van der Waals surface area contributed by atoms with Crippen molar-refractivity contribution >= 4 is 30.7 Å². The maximum absolute atomic E-state index is 5.48. The van der Waals surface area contributed by atoms with E-state index in [0.717, 1.165) is 0 Å². The second kappa shape index (κ2) is 12.0. The minimum Gasteiger partial charge on any atom is -0.467 e. The molecule has 0 fully saturated rings. The molecular weight excluding hydrogens is 351 g/mol. The number of imidazole rings is 1. The van der Waals surface area contributed by atoms with E-state index in [0.29, 0.717) is 5.02 Å². The number of hydrogen-bond acceptors (Lipinski definition) is 2. The molecule has 2 aromatic heterocycles. The standard InChI is InChI=1S/C5H4ClN.C3H3N2.2ClH.Pd/c6-5-2-1-3-7-4-5;1-2-5-3-4-1;;;/h1-4H;1-2H,(H,4,5);2*1H;/q;-1;;;+2/p-2. The van der Waals surface area contributed by atoms with Crippen molar-refractivity contribution in [1.82, 2.24) is 15.0 Å². The van der Waals surface area contributed by atoms with Crippen LogP contribution < -0.4 is 0 Å². The number of hydrogen-bond donors (Lipinski definition) is 1. The van der Waals surface area contributed by atoms with E-state index >= 15 is 0 Å². The predicted octanol–water partition coefficient (Wildman–Crippen LogP) is 3.32. The zero-order valence-corrected chi connectivity index (χ0v) is 11.1. The van der Waals surface area contributed by atoms with Gasteiger partial charge in [-0.15, -0.1) is 12.4 Å². The van der Waals surface area contributed by atoms with Crippen LogP contribution in [-0.2, 0) is 15.9 Å². The Hall–Kier alpha value is -0.108. The first-order chi connectivity index (χ1) is 7.31. The maximum atomic E-state index is 5.48. The topological polar surface area (TPSA) is 41.6 Å². The van der Waals surface area contributed by atoms with Crippen LogP contribution >= 0.6 is 30.7 Å². The quantitative estimate of drug-likeness (QED) is 0.580. The van der Waals surface area contributed by atoms with Crippen LogP contribution in [0.15, 0.2) is 36.9 Å². The fraction of sp³-hybridized carbons (Fsp3) is 0. The molecule has 0 amide bonds. The van der Waals surface area contributed by atoms with Gasteiger partial charge in [-0.25, -0.2) is 0 Å². The third kappa shape index (κ3) is 11.8. The van der Waals surface area contributed by atoms with Gasteiger partial charge in [-0.05, 0) is 18.5 Å². The van der Waals surface area contributed by atoms with Crippen LogP contribution in [0.5, 0.6) is 0 Å². The Balaban J connectivity index is 0.000000216. The first-order valence-corrected chi connectivity index (χ1v) is 7.92. The Morgan fingerprint density at radius 2 is 2.07 bits per heavy atom. The minimum absolute atomic E-state index is 0.106. The van der Waals surface area contributed by atoms with Crippen molar-refractivity contribution in [1.29, 1.82) is 0 Å². The van der Waals surface area contributed by atoms with Gasteiger partial charge in [-0.2, -0.15) is 0 Å². The van der Waals surface area contributed by atoms with Gasteiger partial charge in [0.05, 0.1) is 5.02 Å². The molecule has 0 aromatic carbocycles. The largest absolute Gasteiger partial charge is 0.467 e. The zero-order valence-electron chi connectivity index (χ0n) is 7.31. The van der Waals surface area contributed by atoms with Crippen LogP contribution in [-0.4, -0.2) is 15.0 Å². The summed E-state index contributed by atoms with van der Waals surface area (Å²) in [6.45, 7) is 0. The van der Waals surface area contributed by atoms with E-state index in [1.54, 1.807) is 36.9 Å². The van der Waals surface area contributed by atoms with E-state index in [1.807, 2.05) is 0 Å². The van der Waals surface area contributed by atoms with Gasteiger partial charge >= 0.3 is 35.0 Å². The van der Waals surface area contributed by atoms with Gasteiger partial charge in [0.2, 0.25) is 0 Å². The SMILES string of the molecule is Clc1cccnc1.[Cl][Pd][Cl].[c-]1ncc[nH]1. The summed E-state index contributed by atoms with van der Waals surface area (Å²) in [5, 5.41) is 0.683.